The van der Waals surface area contributed by atoms with Crippen LogP contribution in [0, 0.1) is 8.99 Å². The van der Waals surface area contributed by atoms with E-state index >= 15 is 0 Å². The average molecular weight is 441 g/mol. The first-order valence-corrected chi connectivity index (χ1v) is 8.44. The molecule has 0 bridgehead atoms. The van der Waals surface area contributed by atoms with E-state index in [4.69, 9.17) is 4.74 Å². The maximum atomic E-state index is 12.5. The summed E-state index contributed by atoms with van der Waals surface area (Å²) in [4.78, 5) is 14.3. The highest BCUT2D eigenvalue weighted by Gasteiger charge is 2.30. The highest BCUT2D eigenvalue weighted by molar-refractivity contribution is 14.1. The smallest absolute Gasteiger partial charge is 0.422 e. The molecule has 1 amide bonds. The third-order valence-corrected chi connectivity index (χ3v) is 4.86. The molecule has 0 spiro atoms. The Hall–Kier alpha value is -0.990. The molecule has 0 unspecified atom stereocenters. The lowest BCUT2D eigenvalue weighted by molar-refractivity contribution is -0.153. The Morgan fingerprint density at radius 2 is 1.91 bits per heavy atom. The largest absolute Gasteiger partial charge is 0.483 e. The van der Waals surface area contributed by atoms with E-state index in [0.29, 0.717) is 22.2 Å². The van der Waals surface area contributed by atoms with Crippen LogP contribution in [0.3, 0.4) is 0 Å². The minimum absolute atomic E-state index is 0.0890. The van der Waals surface area contributed by atoms with Crippen molar-refractivity contribution in [3.63, 3.8) is 0 Å². The molecule has 1 heterocycles. The van der Waals surface area contributed by atoms with Crippen molar-refractivity contribution in [2.24, 2.45) is 5.41 Å². The van der Waals surface area contributed by atoms with Gasteiger partial charge in [-0.25, -0.2) is 0 Å². The molecule has 23 heavy (non-hydrogen) atoms. The molecule has 1 aliphatic rings. The van der Waals surface area contributed by atoms with Crippen molar-refractivity contribution in [2.45, 2.75) is 32.9 Å². The van der Waals surface area contributed by atoms with Gasteiger partial charge in [0, 0.05) is 18.7 Å². The number of amides is 1. The Kier molecular flexibility index (Phi) is 5.48. The molecular formula is C16H19F3INO2. The predicted octanol–water partition coefficient (Wildman–Crippen LogP) is 4.49. The number of benzene rings is 1. The van der Waals surface area contributed by atoms with E-state index in [1.807, 2.05) is 22.6 Å². The standard InChI is InChI=1S/C16H19F3INO2/c1-15(2)5-7-21(8-6-15)14(22)11-3-4-12(20)13(9-11)23-10-16(17,18)19/h3-4,9H,5-8,10H2,1-2H3. The monoisotopic (exact) mass is 441 g/mol. The van der Waals surface area contributed by atoms with E-state index in [1.165, 1.54) is 6.07 Å². The third-order valence-electron chi connectivity index (χ3n) is 3.97. The zero-order valence-corrected chi connectivity index (χ0v) is 15.2. The molecule has 2 rings (SSSR count). The number of halogens is 4. The first-order chi connectivity index (χ1) is 10.6. The Labute approximate surface area is 147 Å². The van der Waals surface area contributed by atoms with Crippen molar-refractivity contribution in [3.8, 4) is 5.75 Å². The molecule has 3 nitrogen and oxygen atoms in total. The highest BCUT2D eigenvalue weighted by atomic mass is 127. The summed E-state index contributed by atoms with van der Waals surface area (Å²) in [6.45, 7) is 4.30. The van der Waals surface area contributed by atoms with E-state index < -0.39 is 12.8 Å². The Balaban J connectivity index is 2.09. The lowest BCUT2D eigenvalue weighted by Crippen LogP contribution is -2.41. The Bertz CT molecular complexity index is 577. The van der Waals surface area contributed by atoms with Crippen LogP contribution in [0.4, 0.5) is 13.2 Å². The normalized spacial score (nSPS) is 17.9. The predicted molar refractivity (Wildman–Crippen MR) is 89.6 cm³/mol. The van der Waals surface area contributed by atoms with Gasteiger partial charge in [0.25, 0.3) is 5.91 Å². The van der Waals surface area contributed by atoms with Crippen LogP contribution in [0.1, 0.15) is 37.0 Å². The summed E-state index contributed by atoms with van der Waals surface area (Å²) in [7, 11) is 0. The molecule has 1 saturated heterocycles. The number of likely N-dealkylation sites (tertiary alicyclic amines) is 1. The van der Waals surface area contributed by atoms with Gasteiger partial charge in [0.15, 0.2) is 6.61 Å². The highest BCUT2D eigenvalue weighted by Crippen LogP contribution is 2.31. The molecule has 1 aromatic rings. The number of rotatable bonds is 3. The molecular weight excluding hydrogens is 422 g/mol. The van der Waals surface area contributed by atoms with Gasteiger partial charge < -0.3 is 9.64 Å². The van der Waals surface area contributed by atoms with E-state index in [-0.39, 0.29) is 17.1 Å². The average Bonchev–Trinajstić information content (AvgIpc) is 2.45. The maximum Gasteiger partial charge on any atom is 0.422 e. The molecule has 128 valence electrons. The molecule has 0 atom stereocenters. The number of ether oxygens (including phenoxy) is 1. The van der Waals surface area contributed by atoms with Crippen LogP contribution in [0.25, 0.3) is 0 Å². The Morgan fingerprint density at radius 3 is 2.48 bits per heavy atom. The van der Waals surface area contributed by atoms with Crippen LogP contribution in [0.15, 0.2) is 18.2 Å². The topological polar surface area (TPSA) is 29.5 Å². The van der Waals surface area contributed by atoms with Gasteiger partial charge in [-0.1, -0.05) is 13.8 Å². The summed E-state index contributed by atoms with van der Waals surface area (Å²) in [6.07, 6.45) is -2.57. The number of hydrogen-bond donors (Lipinski definition) is 0. The summed E-state index contributed by atoms with van der Waals surface area (Å²) < 4.78 is 42.2. The molecule has 1 aliphatic heterocycles. The van der Waals surface area contributed by atoms with Crippen molar-refractivity contribution in [1.82, 2.24) is 4.90 Å². The molecule has 0 N–H and O–H groups in total. The summed E-state index contributed by atoms with van der Waals surface area (Å²) in [5.41, 5.74) is 0.589. The number of nitrogens with zero attached hydrogens (tertiary/aromatic N) is 1. The zero-order valence-electron chi connectivity index (χ0n) is 13.0. The number of alkyl halides is 3. The molecule has 0 aromatic heterocycles. The number of piperidine rings is 1. The van der Waals surface area contributed by atoms with E-state index in [2.05, 4.69) is 13.8 Å². The van der Waals surface area contributed by atoms with Crippen molar-refractivity contribution < 1.29 is 22.7 Å². The third kappa shape index (κ3) is 5.26. The fourth-order valence-electron chi connectivity index (χ4n) is 2.40. The fourth-order valence-corrected chi connectivity index (χ4v) is 2.90. The minimum Gasteiger partial charge on any atom is -0.483 e. The maximum absolute atomic E-state index is 12.5. The van der Waals surface area contributed by atoms with Gasteiger partial charge in [0.05, 0.1) is 3.57 Å². The van der Waals surface area contributed by atoms with E-state index in [0.717, 1.165) is 12.8 Å². The van der Waals surface area contributed by atoms with Crippen LogP contribution >= 0.6 is 22.6 Å². The first-order valence-electron chi connectivity index (χ1n) is 7.36. The number of carbonyl (C=O) groups excluding carboxylic acids is 1. The van der Waals surface area contributed by atoms with E-state index in [9.17, 15) is 18.0 Å². The van der Waals surface area contributed by atoms with E-state index in [1.54, 1.807) is 17.0 Å². The first kappa shape index (κ1) is 18.4. The van der Waals surface area contributed by atoms with Crippen LogP contribution in [0.5, 0.6) is 5.75 Å². The second kappa shape index (κ2) is 6.86. The molecule has 1 aromatic carbocycles. The molecule has 0 saturated carbocycles. The molecule has 7 heteroatoms. The van der Waals surface area contributed by atoms with Crippen LogP contribution in [0.2, 0.25) is 0 Å². The summed E-state index contributed by atoms with van der Waals surface area (Å²) in [6, 6.07) is 4.63. The summed E-state index contributed by atoms with van der Waals surface area (Å²) >= 11 is 1.89. The van der Waals surface area contributed by atoms with Crippen molar-refractivity contribution in [1.29, 1.82) is 0 Å². The van der Waals surface area contributed by atoms with Gasteiger partial charge in [-0.05, 0) is 59.0 Å². The van der Waals surface area contributed by atoms with Gasteiger partial charge in [-0.3, -0.25) is 4.79 Å². The van der Waals surface area contributed by atoms with Crippen molar-refractivity contribution >= 4 is 28.5 Å². The molecule has 0 aliphatic carbocycles. The van der Waals surface area contributed by atoms with Gasteiger partial charge in [-0.15, -0.1) is 0 Å². The van der Waals surface area contributed by atoms with Crippen molar-refractivity contribution in [2.75, 3.05) is 19.7 Å². The lowest BCUT2D eigenvalue weighted by atomic mass is 9.82. The molecule has 0 radical (unpaired) electrons. The zero-order chi connectivity index (χ0) is 17.3. The van der Waals surface area contributed by atoms with Gasteiger partial charge in [-0.2, -0.15) is 13.2 Å². The summed E-state index contributed by atoms with van der Waals surface area (Å²) in [5.74, 6) is -0.0696. The van der Waals surface area contributed by atoms with Gasteiger partial charge >= 0.3 is 6.18 Å². The van der Waals surface area contributed by atoms with Crippen LogP contribution in [-0.2, 0) is 0 Å². The quantitative estimate of drug-likeness (QED) is 0.647. The van der Waals surface area contributed by atoms with Crippen molar-refractivity contribution in [3.05, 3.63) is 27.3 Å². The lowest BCUT2D eigenvalue weighted by Gasteiger charge is -2.37. The second-order valence-electron chi connectivity index (χ2n) is 6.51. The summed E-state index contributed by atoms with van der Waals surface area (Å²) in [5, 5.41) is 0. The molecule has 1 fully saturated rings. The van der Waals surface area contributed by atoms with Gasteiger partial charge in [0.2, 0.25) is 0 Å². The minimum atomic E-state index is -4.40. The fraction of sp³-hybridized carbons (Fsp3) is 0.562. The van der Waals surface area contributed by atoms with Crippen LogP contribution in [-0.4, -0.2) is 36.7 Å². The number of hydrogen-bond acceptors (Lipinski definition) is 2. The second-order valence-corrected chi connectivity index (χ2v) is 7.67. The number of carbonyl (C=O) groups is 1. The Morgan fingerprint density at radius 1 is 1.30 bits per heavy atom. The van der Waals surface area contributed by atoms with Crippen LogP contribution < -0.4 is 4.74 Å². The SMILES string of the molecule is CC1(C)CCN(C(=O)c2ccc(I)c(OCC(F)(F)F)c2)CC1. The van der Waals surface area contributed by atoms with Gasteiger partial charge in [0.1, 0.15) is 5.75 Å².